The number of fused-ring (bicyclic) bond motifs is 1. The second-order valence-corrected chi connectivity index (χ2v) is 3.88. The van der Waals surface area contributed by atoms with Crippen LogP contribution in [-0.2, 0) is 13.6 Å². The van der Waals surface area contributed by atoms with Gasteiger partial charge in [0.2, 0.25) is 5.28 Å². The minimum atomic E-state index is -0.153. The van der Waals surface area contributed by atoms with Crippen LogP contribution in [0.2, 0.25) is 5.28 Å². The molecule has 0 atom stereocenters. The van der Waals surface area contributed by atoms with Gasteiger partial charge in [0, 0.05) is 13.6 Å². The fourth-order valence-electron chi connectivity index (χ4n) is 1.73. The fourth-order valence-corrected chi connectivity index (χ4v) is 1.91. The van der Waals surface area contributed by atoms with Gasteiger partial charge in [-0.05, 0) is 18.0 Å². The third-order valence-corrected chi connectivity index (χ3v) is 2.59. The molecule has 0 bridgehead atoms. The zero-order valence-electron chi connectivity index (χ0n) is 9.07. The maximum Gasteiger partial charge on any atom is 0.330 e. The number of aromatic nitrogens is 4. The molecular formula is C9H12ClN5O. The van der Waals surface area contributed by atoms with Gasteiger partial charge in [0.25, 0.3) is 0 Å². The van der Waals surface area contributed by atoms with E-state index < -0.39 is 0 Å². The smallest absolute Gasteiger partial charge is 0.330 e. The first kappa shape index (κ1) is 10.9. The third-order valence-electron chi connectivity index (χ3n) is 2.42. The number of halogens is 1. The summed E-state index contributed by atoms with van der Waals surface area (Å²) in [6, 6.07) is 0. The molecule has 0 radical (unpaired) electrons. The van der Waals surface area contributed by atoms with Crippen molar-refractivity contribution in [1.29, 1.82) is 0 Å². The Morgan fingerprint density at radius 2 is 2.12 bits per heavy atom. The molecule has 7 heteroatoms. The molecule has 0 saturated carbocycles. The molecule has 2 rings (SSSR count). The summed E-state index contributed by atoms with van der Waals surface area (Å²) in [6.45, 7) is 2.57. The van der Waals surface area contributed by atoms with Crippen LogP contribution in [0.15, 0.2) is 4.79 Å². The molecule has 86 valence electrons. The van der Waals surface area contributed by atoms with Gasteiger partial charge in [-0.3, -0.25) is 9.13 Å². The van der Waals surface area contributed by atoms with Crippen LogP contribution in [0.1, 0.15) is 13.3 Å². The lowest BCUT2D eigenvalue weighted by molar-refractivity contribution is 0.648. The molecule has 0 amide bonds. The number of hydrogen-bond acceptors (Lipinski definition) is 4. The van der Waals surface area contributed by atoms with E-state index in [0.717, 1.165) is 6.42 Å². The number of imidazole rings is 1. The van der Waals surface area contributed by atoms with Crippen LogP contribution >= 0.6 is 11.6 Å². The van der Waals surface area contributed by atoms with Gasteiger partial charge in [0.1, 0.15) is 5.52 Å². The minimum Gasteiger partial charge on any atom is -0.382 e. The summed E-state index contributed by atoms with van der Waals surface area (Å²) in [5.74, 6) is 0.226. The summed E-state index contributed by atoms with van der Waals surface area (Å²) in [5, 5.41) is 0.0560. The maximum atomic E-state index is 11.9. The van der Waals surface area contributed by atoms with E-state index in [4.69, 9.17) is 17.3 Å². The normalized spacial score (nSPS) is 11.2. The highest BCUT2D eigenvalue weighted by Crippen LogP contribution is 2.18. The average Bonchev–Trinajstić information content (AvgIpc) is 2.44. The van der Waals surface area contributed by atoms with Crippen molar-refractivity contribution < 1.29 is 0 Å². The number of nitrogen functional groups attached to an aromatic ring is 1. The Balaban J connectivity index is 2.90. The second kappa shape index (κ2) is 3.79. The SMILES string of the molecule is CCCn1c(=O)n(C)c2c(N)nc(Cl)nc21. The van der Waals surface area contributed by atoms with Crippen molar-refractivity contribution in [1.82, 2.24) is 19.1 Å². The summed E-state index contributed by atoms with van der Waals surface area (Å²) in [5.41, 5.74) is 6.60. The standard InChI is InChI=1S/C9H12ClN5O/c1-3-4-15-7-5(14(2)9(15)16)6(11)12-8(10)13-7/h3-4H2,1-2H3,(H2,11,12,13). The lowest BCUT2D eigenvalue weighted by Gasteiger charge is -2.00. The Hall–Kier alpha value is -1.56. The van der Waals surface area contributed by atoms with Crippen molar-refractivity contribution in [3.63, 3.8) is 0 Å². The molecule has 0 saturated heterocycles. The predicted octanol–water partition coefficient (Wildman–Crippen LogP) is 0.776. The summed E-state index contributed by atoms with van der Waals surface area (Å²) in [6.07, 6.45) is 0.834. The van der Waals surface area contributed by atoms with E-state index in [-0.39, 0.29) is 16.8 Å². The van der Waals surface area contributed by atoms with E-state index in [1.807, 2.05) is 6.92 Å². The molecule has 2 aromatic rings. The van der Waals surface area contributed by atoms with Gasteiger partial charge >= 0.3 is 5.69 Å². The number of rotatable bonds is 2. The summed E-state index contributed by atoms with van der Waals surface area (Å²) in [7, 11) is 1.64. The van der Waals surface area contributed by atoms with Gasteiger partial charge in [-0.25, -0.2) is 4.79 Å². The van der Waals surface area contributed by atoms with Crippen LogP contribution in [0.3, 0.4) is 0 Å². The molecule has 0 unspecified atom stereocenters. The van der Waals surface area contributed by atoms with Crippen LogP contribution in [0.5, 0.6) is 0 Å². The zero-order chi connectivity index (χ0) is 11.9. The van der Waals surface area contributed by atoms with Crippen molar-refractivity contribution in [3.05, 3.63) is 15.8 Å². The first-order valence-electron chi connectivity index (χ1n) is 4.94. The number of hydrogen-bond donors (Lipinski definition) is 1. The van der Waals surface area contributed by atoms with Crippen molar-refractivity contribution in [2.24, 2.45) is 7.05 Å². The number of nitrogens with two attached hydrogens (primary N) is 1. The summed E-state index contributed by atoms with van der Waals surface area (Å²) >= 11 is 5.73. The molecule has 0 aliphatic rings. The van der Waals surface area contributed by atoms with Crippen LogP contribution in [0, 0.1) is 0 Å². The van der Waals surface area contributed by atoms with E-state index in [1.54, 1.807) is 11.6 Å². The molecule has 6 nitrogen and oxygen atoms in total. The molecule has 0 spiro atoms. The molecular weight excluding hydrogens is 230 g/mol. The molecule has 2 N–H and O–H groups in total. The Labute approximate surface area is 96.7 Å². The summed E-state index contributed by atoms with van der Waals surface area (Å²) in [4.78, 5) is 19.8. The van der Waals surface area contributed by atoms with Gasteiger partial charge in [0.05, 0.1) is 0 Å². The van der Waals surface area contributed by atoms with Crippen LogP contribution in [0.4, 0.5) is 5.82 Å². The monoisotopic (exact) mass is 241 g/mol. The van der Waals surface area contributed by atoms with E-state index in [2.05, 4.69) is 9.97 Å². The van der Waals surface area contributed by atoms with Gasteiger partial charge in [-0.1, -0.05) is 6.92 Å². The van der Waals surface area contributed by atoms with Crippen LogP contribution in [0.25, 0.3) is 11.2 Å². The highest BCUT2D eigenvalue weighted by Gasteiger charge is 2.15. The minimum absolute atomic E-state index is 0.0560. The largest absolute Gasteiger partial charge is 0.382 e. The number of aryl methyl sites for hydroxylation is 2. The van der Waals surface area contributed by atoms with Crippen molar-refractivity contribution in [2.45, 2.75) is 19.9 Å². The summed E-state index contributed by atoms with van der Waals surface area (Å²) < 4.78 is 3.00. The zero-order valence-corrected chi connectivity index (χ0v) is 9.82. The van der Waals surface area contributed by atoms with Gasteiger partial charge in [-0.2, -0.15) is 9.97 Å². The molecule has 0 aliphatic carbocycles. The van der Waals surface area contributed by atoms with Gasteiger partial charge < -0.3 is 5.73 Å². The number of anilines is 1. The highest BCUT2D eigenvalue weighted by atomic mass is 35.5. The van der Waals surface area contributed by atoms with Gasteiger partial charge in [0.15, 0.2) is 11.5 Å². The van der Waals surface area contributed by atoms with Crippen LogP contribution in [-0.4, -0.2) is 19.1 Å². The average molecular weight is 242 g/mol. The maximum absolute atomic E-state index is 11.9. The Bertz CT molecular complexity index is 600. The molecule has 0 aliphatic heterocycles. The lowest BCUT2D eigenvalue weighted by atomic mass is 10.4. The van der Waals surface area contributed by atoms with Crippen molar-refractivity contribution in [3.8, 4) is 0 Å². The van der Waals surface area contributed by atoms with E-state index in [0.29, 0.717) is 17.7 Å². The third kappa shape index (κ3) is 1.46. The van der Waals surface area contributed by atoms with Crippen molar-refractivity contribution >= 4 is 28.6 Å². The highest BCUT2D eigenvalue weighted by molar-refractivity contribution is 6.28. The first-order valence-corrected chi connectivity index (χ1v) is 5.32. The molecule has 2 aromatic heterocycles. The molecule has 0 fully saturated rings. The van der Waals surface area contributed by atoms with E-state index in [9.17, 15) is 4.79 Å². The Kier molecular flexibility index (Phi) is 2.59. The topological polar surface area (TPSA) is 78.7 Å². The molecule has 0 aromatic carbocycles. The molecule has 16 heavy (non-hydrogen) atoms. The lowest BCUT2D eigenvalue weighted by Crippen LogP contribution is -2.22. The van der Waals surface area contributed by atoms with Gasteiger partial charge in [-0.15, -0.1) is 0 Å². The molecule has 2 heterocycles. The van der Waals surface area contributed by atoms with E-state index in [1.165, 1.54) is 4.57 Å². The van der Waals surface area contributed by atoms with E-state index >= 15 is 0 Å². The fraction of sp³-hybridized carbons (Fsp3) is 0.444. The Morgan fingerprint density at radius 3 is 2.75 bits per heavy atom. The number of nitrogens with zero attached hydrogens (tertiary/aromatic N) is 4. The predicted molar refractivity (Wildman–Crippen MR) is 62.5 cm³/mol. The Morgan fingerprint density at radius 1 is 1.44 bits per heavy atom. The first-order chi connectivity index (χ1) is 7.56. The quantitative estimate of drug-likeness (QED) is 0.788. The second-order valence-electron chi connectivity index (χ2n) is 3.54. The van der Waals surface area contributed by atoms with Crippen LogP contribution < -0.4 is 11.4 Å². The van der Waals surface area contributed by atoms with Crippen molar-refractivity contribution in [2.75, 3.05) is 5.73 Å².